The molecule has 1 saturated carbocycles. The molecule has 2 bridgehead atoms. The monoisotopic (exact) mass is 400 g/mol. The fourth-order valence-corrected chi connectivity index (χ4v) is 5.65. The number of aliphatic hydroxyl groups excluding tert-OH is 1. The minimum absolute atomic E-state index is 0.104. The fourth-order valence-electron chi connectivity index (χ4n) is 5.59. The summed E-state index contributed by atoms with van der Waals surface area (Å²) in [5.41, 5.74) is -1.06. The third-order valence-electron chi connectivity index (χ3n) is 7.16. The van der Waals surface area contributed by atoms with Crippen molar-refractivity contribution in [3.8, 4) is 0 Å². The largest absolute Gasteiger partial charge is 0.465 e. The number of hydrogen-bond donors (Lipinski definition) is 1. The Labute approximate surface area is 162 Å². The number of allylic oxidation sites excluding steroid dienone is 1. The average molecular weight is 401 g/mol. The summed E-state index contributed by atoms with van der Waals surface area (Å²) in [6.45, 7) is 5.86. The van der Waals surface area contributed by atoms with Crippen LogP contribution in [-0.4, -0.2) is 66.2 Å². The first-order chi connectivity index (χ1) is 12.7. The number of hydrogen-bond acceptors (Lipinski definition) is 7. The lowest BCUT2D eigenvalue weighted by atomic mass is 9.51. The highest BCUT2D eigenvalue weighted by Gasteiger charge is 2.85. The number of ether oxygens (including phenoxy) is 4. The van der Waals surface area contributed by atoms with Crippen molar-refractivity contribution in [1.29, 1.82) is 0 Å². The Kier molecular flexibility index (Phi) is 4.39. The minimum Gasteiger partial charge on any atom is -0.465 e. The van der Waals surface area contributed by atoms with Crippen molar-refractivity contribution < 1.29 is 33.6 Å². The molecule has 2 heterocycles. The third kappa shape index (κ3) is 2.38. The lowest BCUT2D eigenvalue weighted by Gasteiger charge is -2.58. The summed E-state index contributed by atoms with van der Waals surface area (Å²) in [6, 6.07) is 0. The Hall–Kier alpha value is -1.15. The Bertz CT molecular complexity index is 702. The van der Waals surface area contributed by atoms with Gasteiger partial charge in [-0.3, -0.25) is 9.59 Å². The van der Waals surface area contributed by atoms with Crippen molar-refractivity contribution in [1.82, 2.24) is 0 Å². The normalized spacial score (nSPS) is 47.2. The van der Waals surface area contributed by atoms with E-state index in [1.54, 1.807) is 0 Å². The van der Waals surface area contributed by atoms with Gasteiger partial charge in [-0.25, -0.2) is 0 Å². The first kappa shape index (κ1) is 19.2. The molecule has 0 amide bonds. The molecule has 4 rings (SSSR count). The zero-order valence-corrected chi connectivity index (χ0v) is 16.5. The topological polar surface area (TPSA) is 94.6 Å². The molecule has 2 aliphatic heterocycles. The molecule has 1 spiro atoms. The molecule has 0 aromatic carbocycles. The molecule has 0 aromatic heterocycles. The van der Waals surface area contributed by atoms with Gasteiger partial charge < -0.3 is 24.1 Å². The van der Waals surface area contributed by atoms with Crippen LogP contribution in [0.1, 0.15) is 33.6 Å². The van der Waals surface area contributed by atoms with E-state index in [0.29, 0.717) is 13.0 Å². The second-order valence-corrected chi connectivity index (χ2v) is 8.61. The smallest absolute Gasteiger partial charge is 0.321 e. The van der Waals surface area contributed by atoms with Crippen LogP contribution in [-0.2, 0) is 28.5 Å². The van der Waals surface area contributed by atoms with Crippen LogP contribution in [0.15, 0.2) is 11.6 Å². The molecule has 2 saturated heterocycles. The summed E-state index contributed by atoms with van der Waals surface area (Å²) < 4.78 is 23.3. The minimum atomic E-state index is -1.04. The van der Waals surface area contributed by atoms with E-state index in [1.807, 2.05) is 19.9 Å². The van der Waals surface area contributed by atoms with Crippen LogP contribution in [0.25, 0.3) is 0 Å². The highest BCUT2D eigenvalue weighted by atomic mass is 35.5. The molecule has 7 nitrogen and oxygen atoms in total. The van der Waals surface area contributed by atoms with Crippen molar-refractivity contribution in [3.63, 3.8) is 0 Å². The summed E-state index contributed by atoms with van der Waals surface area (Å²) in [4.78, 5) is 23.6. The summed E-state index contributed by atoms with van der Waals surface area (Å²) in [7, 11) is 0. The van der Waals surface area contributed by atoms with Crippen molar-refractivity contribution in [2.24, 2.45) is 10.8 Å². The molecule has 150 valence electrons. The Morgan fingerprint density at radius 3 is 2.74 bits per heavy atom. The number of halogens is 1. The molecule has 3 fully saturated rings. The van der Waals surface area contributed by atoms with E-state index in [9.17, 15) is 14.7 Å². The van der Waals surface area contributed by atoms with Gasteiger partial charge in [-0.15, -0.1) is 11.6 Å². The molecule has 0 aromatic rings. The molecule has 1 N–H and O–H groups in total. The third-order valence-corrected chi connectivity index (χ3v) is 7.38. The molecule has 8 heteroatoms. The summed E-state index contributed by atoms with van der Waals surface area (Å²) in [6.07, 6.45) is 0.610. The quantitative estimate of drug-likeness (QED) is 0.329. The molecule has 0 radical (unpaired) electrons. The summed E-state index contributed by atoms with van der Waals surface area (Å²) >= 11 is 5.65. The predicted octanol–water partition coefficient (Wildman–Crippen LogP) is 1.34. The van der Waals surface area contributed by atoms with Crippen LogP contribution in [0.3, 0.4) is 0 Å². The number of carbonyl (C=O) groups is 2. The van der Waals surface area contributed by atoms with E-state index in [1.165, 1.54) is 12.5 Å². The van der Waals surface area contributed by atoms with Crippen molar-refractivity contribution in [2.45, 2.75) is 63.6 Å². The van der Waals surface area contributed by atoms with Gasteiger partial charge >= 0.3 is 11.9 Å². The Morgan fingerprint density at radius 1 is 1.44 bits per heavy atom. The first-order valence-corrected chi connectivity index (χ1v) is 9.79. The van der Waals surface area contributed by atoms with Crippen molar-refractivity contribution in [3.05, 3.63) is 11.6 Å². The average Bonchev–Trinajstić information content (AvgIpc) is 3.41. The zero-order chi connectivity index (χ0) is 19.6. The number of rotatable bonds is 4. The van der Waals surface area contributed by atoms with Gasteiger partial charge in [0.15, 0.2) is 0 Å². The zero-order valence-electron chi connectivity index (χ0n) is 15.7. The van der Waals surface area contributed by atoms with Crippen LogP contribution < -0.4 is 0 Å². The van der Waals surface area contributed by atoms with Gasteiger partial charge in [-0.2, -0.15) is 0 Å². The maximum atomic E-state index is 12.0. The van der Waals surface area contributed by atoms with Gasteiger partial charge in [0.1, 0.15) is 36.4 Å². The van der Waals surface area contributed by atoms with Crippen LogP contribution in [0, 0.1) is 10.8 Å². The van der Waals surface area contributed by atoms with Gasteiger partial charge in [-0.05, 0) is 19.8 Å². The lowest BCUT2D eigenvalue weighted by molar-refractivity contribution is -0.233. The maximum Gasteiger partial charge on any atom is 0.321 e. The van der Waals surface area contributed by atoms with Gasteiger partial charge in [0.25, 0.3) is 0 Å². The maximum absolute atomic E-state index is 12.0. The highest BCUT2D eigenvalue weighted by Crippen LogP contribution is 2.72. The van der Waals surface area contributed by atoms with Gasteiger partial charge in [0.05, 0.1) is 18.1 Å². The van der Waals surface area contributed by atoms with Crippen LogP contribution in [0.4, 0.5) is 0 Å². The number of carbonyl (C=O) groups excluding carboxylic acids is 2. The first-order valence-electron chi connectivity index (χ1n) is 9.25. The molecular weight excluding hydrogens is 376 g/mol. The number of esters is 2. The van der Waals surface area contributed by atoms with E-state index in [0.717, 1.165) is 6.42 Å². The fraction of sp³-hybridized carbons (Fsp3) is 0.789. The van der Waals surface area contributed by atoms with Crippen LogP contribution in [0.5, 0.6) is 0 Å². The van der Waals surface area contributed by atoms with E-state index >= 15 is 0 Å². The van der Waals surface area contributed by atoms with Crippen LogP contribution in [0.2, 0.25) is 0 Å². The Balaban J connectivity index is 1.84. The van der Waals surface area contributed by atoms with Crippen molar-refractivity contribution >= 4 is 23.5 Å². The van der Waals surface area contributed by atoms with E-state index < -0.39 is 46.7 Å². The molecule has 2 aliphatic carbocycles. The Morgan fingerprint density at radius 2 is 2.15 bits per heavy atom. The number of alkyl halides is 1. The van der Waals surface area contributed by atoms with E-state index in [-0.39, 0.29) is 18.6 Å². The van der Waals surface area contributed by atoms with Gasteiger partial charge in [0.2, 0.25) is 0 Å². The lowest BCUT2D eigenvalue weighted by Crippen LogP contribution is -2.66. The summed E-state index contributed by atoms with van der Waals surface area (Å²) in [5.74, 6) is -1.30. The molecule has 2 unspecified atom stereocenters. The molecule has 7 atom stereocenters. The van der Waals surface area contributed by atoms with E-state index in [2.05, 4.69) is 0 Å². The number of fused-ring (bicyclic) bond motifs is 2. The van der Waals surface area contributed by atoms with Crippen LogP contribution >= 0.6 is 11.6 Å². The number of aliphatic hydroxyl groups is 1. The van der Waals surface area contributed by atoms with E-state index in [4.69, 9.17) is 30.5 Å². The molecule has 4 aliphatic rings. The second-order valence-electron chi connectivity index (χ2n) is 8.34. The van der Waals surface area contributed by atoms with Gasteiger partial charge in [-0.1, -0.05) is 18.6 Å². The SMILES string of the molecule is CC(=O)OC[C@]12CCC(C)=C[C@H]1OC1[C@H](O)[C@@H](OC(=O)CCl)[C@@]2(C)C12CO2. The second kappa shape index (κ2) is 6.17. The van der Waals surface area contributed by atoms with Crippen molar-refractivity contribution in [2.75, 3.05) is 19.1 Å². The standard InChI is InChI=1S/C19H25ClO7/c1-10-4-5-18(8-24-11(2)21)12(6-10)26-16-14(23)15(27-13(22)7-20)17(18,3)19(16)9-25-19/h6,12,14-16,23H,4-5,7-9H2,1-3H3/t12-,14-,15-,16?,17-,18-,19?/m1/s1. The molecule has 27 heavy (non-hydrogen) atoms. The molecular formula is C19H25ClO7. The van der Waals surface area contributed by atoms with Gasteiger partial charge in [0, 0.05) is 12.3 Å². The predicted molar refractivity (Wildman–Crippen MR) is 94.1 cm³/mol. The highest BCUT2D eigenvalue weighted by molar-refractivity contribution is 6.26. The number of epoxide rings is 1. The summed E-state index contributed by atoms with van der Waals surface area (Å²) in [5, 5.41) is 11.0.